The van der Waals surface area contributed by atoms with Crippen molar-refractivity contribution in [2.45, 2.75) is 44.6 Å². The Hall–Kier alpha value is -0.820. The van der Waals surface area contributed by atoms with Gasteiger partial charge in [-0.1, -0.05) is 45.0 Å². The second-order valence-corrected chi connectivity index (χ2v) is 5.08. The molecule has 2 rings (SSSR count). The third kappa shape index (κ3) is 0.936. The van der Waals surface area contributed by atoms with E-state index in [0.29, 0.717) is 0 Å². The van der Waals surface area contributed by atoms with Crippen LogP contribution in [0.5, 0.6) is 0 Å². The quantitative estimate of drug-likeness (QED) is 0.667. The number of benzene rings is 1. The second-order valence-electron chi connectivity index (χ2n) is 5.08. The third-order valence-electron chi connectivity index (χ3n) is 4.21. The minimum atomic E-state index is -0.642. The van der Waals surface area contributed by atoms with Crippen molar-refractivity contribution in [1.82, 2.24) is 0 Å². The molecule has 2 atom stereocenters. The van der Waals surface area contributed by atoms with Gasteiger partial charge in [-0.05, 0) is 18.1 Å². The zero-order chi connectivity index (χ0) is 10.6. The fourth-order valence-corrected chi connectivity index (χ4v) is 2.56. The van der Waals surface area contributed by atoms with Gasteiger partial charge in [-0.25, -0.2) is 0 Å². The fraction of sp³-hybridized carbons (Fsp3) is 0.538. The molecule has 0 radical (unpaired) electrons. The van der Waals surface area contributed by atoms with Gasteiger partial charge in [0.15, 0.2) is 0 Å². The highest BCUT2D eigenvalue weighted by Gasteiger charge is 2.52. The molecule has 0 fully saturated rings. The first-order chi connectivity index (χ1) is 6.39. The summed E-state index contributed by atoms with van der Waals surface area (Å²) in [5.74, 6) is 0.216. The van der Waals surface area contributed by atoms with Crippen molar-refractivity contribution in [1.29, 1.82) is 0 Å². The minimum Gasteiger partial charge on any atom is -0.389 e. The van der Waals surface area contributed by atoms with E-state index in [1.165, 1.54) is 11.1 Å². The number of rotatable bonds is 0. The Bertz CT molecular complexity index is 363. The standard InChI is InChI=1S/C13H18O/c1-9-10-7-5-6-8-11(10)12(2,3)13(9,4)14/h5-9,14H,1-4H3. The summed E-state index contributed by atoms with van der Waals surface area (Å²) in [5, 5.41) is 10.5. The molecular formula is C13H18O. The van der Waals surface area contributed by atoms with Crippen molar-refractivity contribution < 1.29 is 5.11 Å². The maximum atomic E-state index is 10.5. The number of hydrogen-bond acceptors (Lipinski definition) is 1. The monoisotopic (exact) mass is 190 g/mol. The van der Waals surface area contributed by atoms with Gasteiger partial charge in [-0.2, -0.15) is 0 Å². The summed E-state index contributed by atoms with van der Waals surface area (Å²) in [5.41, 5.74) is 1.79. The van der Waals surface area contributed by atoms with Crippen LogP contribution in [-0.2, 0) is 5.41 Å². The highest BCUT2D eigenvalue weighted by atomic mass is 16.3. The Morgan fingerprint density at radius 2 is 1.71 bits per heavy atom. The molecule has 2 unspecified atom stereocenters. The number of hydrogen-bond donors (Lipinski definition) is 1. The first kappa shape index (κ1) is 9.72. The lowest BCUT2D eigenvalue weighted by molar-refractivity contribution is -0.0135. The van der Waals surface area contributed by atoms with Crippen molar-refractivity contribution >= 4 is 0 Å². The van der Waals surface area contributed by atoms with Crippen molar-refractivity contribution in [2.75, 3.05) is 0 Å². The van der Waals surface area contributed by atoms with E-state index in [2.05, 4.69) is 39.0 Å². The molecule has 1 N–H and O–H groups in total. The summed E-state index contributed by atoms with van der Waals surface area (Å²) in [6.07, 6.45) is 0. The van der Waals surface area contributed by atoms with Crippen LogP contribution in [0, 0.1) is 0 Å². The SMILES string of the molecule is CC1c2ccccc2C(C)(C)C1(C)O. The lowest BCUT2D eigenvalue weighted by atomic mass is 9.73. The number of fused-ring (bicyclic) bond motifs is 1. The van der Waals surface area contributed by atoms with Crippen LogP contribution in [0.4, 0.5) is 0 Å². The largest absolute Gasteiger partial charge is 0.389 e. The summed E-state index contributed by atoms with van der Waals surface area (Å²) in [6, 6.07) is 8.36. The lowest BCUT2D eigenvalue weighted by Crippen LogP contribution is -2.43. The maximum absolute atomic E-state index is 10.5. The predicted molar refractivity (Wildman–Crippen MR) is 58.5 cm³/mol. The molecule has 0 saturated carbocycles. The van der Waals surface area contributed by atoms with Gasteiger partial charge in [-0.15, -0.1) is 0 Å². The zero-order valence-electron chi connectivity index (χ0n) is 9.33. The molecule has 1 aromatic carbocycles. The van der Waals surface area contributed by atoms with Crippen molar-refractivity contribution in [3.63, 3.8) is 0 Å². The third-order valence-corrected chi connectivity index (χ3v) is 4.21. The Balaban J connectivity index is 2.68. The average Bonchev–Trinajstić information content (AvgIpc) is 2.27. The highest BCUT2D eigenvalue weighted by Crippen LogP contribution is 2.52. The minimum absolute atomic E-state index is 0.150. The summed E-state index contributed by atoms with van der Waals surface area (Å²) >= 11 is 0. The topological polar surface area (TPSA) is 20.2 Å². The van der Waals surface area contributed by atoms with Crippen molar-refractivity contribution in [3.05, 3.63) is 35.4 Å². The fourth-order valence-electron chi connectivity index (χ4n) is 2.56. The average molecular weight is 190 g/mol. The van der Waals surface area contributed by atoms with Gasteiger partial charge >= 0.3 is 0 Å². The van der Waals surface area contributed by atoms with Gasteiger partial charge in [0, 0.05) is 11.3 Å². The van der Waals surface area contributed by atoms with Gasteiger partial charge in [0.25, 0.3) is 0 Å². The molecule has 0 spiro atoms. The molecule has 1 aromatic rings. The van der Waals surface area contributed by atoms with E-state index in [9.17, 15) is 5.11 Å². The molecule has 0 saturated heterocycles. The Labute approximate surface area is 85.8 Å². The van der Waals surface area contributed by atoms with Gasteiger partial charge < -0.3 is 5.11 Å². The molecular weight excluding hydrogens is 172 g/mol. The van der Waals surface area contributed by atoms with Gasteiger partial charge in [0.05, 0.1) is 5.60 Å². The highest BCUT2D eigenvalue weighted by molar-refractivity contribution is 5.46. The molecule has 0 amide bonds. The zero-order valence-corrected chi connectivity index (χ0v) is 9.33. The predicted octanol–water partition coefficient (Wildman–Crippen LogP) is 2.83. The summed E-state index contributed by atoms with van der Waals surface area (Å²) < 4.78 is 0. The van der Waals surface area contributed by atoms with Crippen LogP contribution in [0.3, 0.4) is 0 Å². The van der Waals surface area contributed by atoms with E-state index in [1.807, 2.05) is 13.0 Å². The molecule has 1 aliphatic rings. The Kier molecular flexibility index (Phi) is 1.81. The van der Waals surface area contributed by atoms with Crippen LogP contribution >= 0.6 is 0 Å². The van der Waals surface area contributed by atoms with Crippen LogP contribution in [0.1, 0.15) is 44.7 Å². The van der Waals surface area contributed by atoms with Gasteiger partial charge in [-0.3, -0.25) is 0 Å². The van der Waals surface area contributed by atoms with Crippen molar-refractivity contribution in [3.8, 4) is 0 Å². The lowest BCUT2D eigenvalue weighted by Gasteiger charge is -2.36. The van der Waals surface area contributed by atoms with Crippen LogP contribution in [0.25, 0.3) is 0 Å². The molecule has 0 bridgehead atoms. The molecule has 0 heterocycles. The molecule has 76 valence electrons. The van der Waals surface area contributed by atoms with Gasteiger partial charge in [0.2, 0.25) is 0 Å². The van der Waals surface area contributed by atoms with Crippen LogP contribution < -0.4 is 0 Å². The van der Waals surface area contributed by atoms with Crippen LogP contribution in [-0.4, -0.2) is 10.7 Å². The summed E-state index contributed by atoms with van der Waals surface area (Å²) in [4.78, 5) is 0. The number of aliphatic hydroxyl groups is 1. The van der Waals surface area contributed by atoms with E-state index < -0.39 is 5.60 Å². The normalized spacial score (nSPS) is 34.2. The molecule has 1 nitrogen and oxygen atoms in total. The van der Waals surface area contributed by atoms with Crippen LogP contribution in [0.15, 0.2) is 24.3 Å². The first-order valence-electron chi connectivity index (χ1n) is 5.21. The Morgan fingerprint density at radius 3 is 2.29 bits per heavy atom. The Morgan fingerprint density at radius 1 is 1.14 bits per heavy atom. The van der Waals surface area contributed by atoms with Gasteiger partial charge in [0.1, 0.15) is 0 Å². The van der Waals surface area contributed by atoms with E-state index in [0.717, 1.165) is 0 Å². The van der Waals surface area contributed by atoms with E-state index >= 15 is 0 Å². The first-order valence-corrected chi connectivity index (χ1v) is 5.21. The molecule has 0 aliphatic heterocycles. The van der Waals surface area contributed by atoms with E-state index in [4.69, 9.17) is 0 Å². The smallest absolute Gasteiger partial charge is 0.0776 e. The van der Waals surface area contributed by atoms with E-state index in [1.54, 1.807) is 0 Å². The molecule has 0 aromatic heterocycles. The summed E-state index contributed by atoms with van der Waals surface area (Å²) in [7, 11) is 0. The second kappa shape index (κ2) is 2.60. The van der Waals surface area contributed by atoms with E-state index in [-0.39, 0.29) is 11.3 Å². The van der Waals surface area contributed by atoms with Crippen molar-refractivity contribution in [2.24, 2.45) is 0 Å². The molecule has 1 aliphatic carbocycles. The molecule has 14 heavy (non-hydrogen) atoms. The maximum Gasteiger partial charge on any atom is 0.0776 e. The van der Waals surface area contributed by atoms with Crippen LogP contribution in [0.2, 0.25) is 0 Å². The molecule has 1 heteroatoms. The summed E-state index contributed by atoms with van der Waals surface area (Å²) in [6.45, 7) is 8.29.